The normalized spacial score (nSPS) is 10.3. The molecule has 1 aromatic heterocycles. The summed E-state index contributed by atoms with van der Waals surface area (Å²) in [5, 5.41) is 3.79. The zero-order chi connectivity index (χ0) is 11.1. The largest absolute Gasteiger partial charge is 0.350 e. The van der Waals surface area contributed by atoms with Gasteiger partial charge in [-0.2, -0.15) is 0 Å². The summed E-state index contributed by atoms with van der Waals surface area (Å²) in [5.74, 6) is 0.701. The smallest absolute Gasteiger partial charge is 0.220 e. The van der Waals surface area contributed by atoms with Crippen LogP contribution in [0.5, 0.6) is 0 Å². The topological polar surface area (TPSA) is 42.0 Å². The fraction of sp³-hybridized carbons (Fsp3) is 0.600. The average Bonchev–Trinajstić information content (AvgIpc) is 2.62. The highest BCUT2D eigenvalue weighted by Gasteiger charge is 2.02. The molecule has 0 saturated carbocycles. The molecule has 84 valence electrons. The molecule has 0 unspecified atom stereocenters. The Bertz CT molecular complexity index is 314. The molecule has 1 rings (SSSR count). The molecule has 0 bridgehead atoms. The lowest BCUT2D eigenvalue weighted by molar-refractivity contribution is -0.121. The predicted molar refractivity (Wildman–Crippen MR) is 63.3 cm³/mol. The van der Waals surface area contributed by atoms with Crippen molar-refractivity contribution < 1.29 is 4.79 Å². The lowest BCUT2D eigenvalue weighted by atomic mass is 10.2. The maximum atomic E-state index is 11.3. The minimum absolute atomic E-state index is 0.0768. The van der Waals surface area contributed by atoms with Crippen LogP contribution < -0.4 is 5.32 Å². The molecule has 0 atom stereocenters. The summed E-state index contributed by atoms with van der Waals surface area (Å²) < 4.78 is 0. The molecule has 1 amide bonds. The Kier molecular flexibility index (Phi) is 5.65. The first-order valence-electron chi connectivity index (χ1n) is 4.96. The molecular weight excluding hydrogens is 232 g/mol. The highest BCUT2D eigenvalue weighted by Crippen LogP contribution is 2.10. The van der Waals surface area contributed by atoms with Gasteiger partial charge in [-0.3, -0.25) is 4.79 Å². The number of carbonyl (C=O) groups is 1. The Morgan fingerprint density at radius 3 is 3.00 bits per heavy atom. The van der Waals surface area contributed by atoms with Crippen molar-refractivity contribution in [3.8, 4) is 0 Å². The van der Waals surface area contributed by atoms with Crippen LogP contribution in [-0.4, -0.2) is 16.8 Å². The second-order valence-corrected chi connectivity index (χ2v) is 4.98. The molecule has 0 aromatic carbocycles. The fourth-order valence-electron chi connectivity index (χ4n) is 1.13. The van der Waals surface area contributed by atoms with Crippen molar-refractivity contribution in [2.24, 2.45) is 0 Å². The summed E-state index contributed by atoms with van der Waals surface area (Å²) in [6.45, 7) is 2.54. The Labute approximate surface area is 98.9 Å². The zero-order valence-electron chi connectivity index (χ0n) is 8.75. The van der Waals surface area contributed by atoms with Gasteiger partial charge in [0.2, 0.25) is 5.91 Å². The van der Waals surface area contributed by atoms with Crippen LogP contribution in [0.1, 0.15) is 29.1 Å². The first kappa shape index (κ1) is 12.5. The Morgan fingerprint density at radius 2 is 2.40 bits per heavy atom. The minimum atomic E-state index is 0.0768. The van der Waals surface area contributed by atoms with E-state index in [4.69, 9.17) is 11.6 Å². The maximum Gasteiger partial charge on any atom is 0.220 e. The van der Waals surface area contributed by atoms with E-state index in [0.717, 1.165) is 17.8 Å². The number of amides is 1. The molecular formula is C10H15ClN2OS. The van der Waals surface area contributed by atoms with Gasteiger partial charge in [-0.15, -0.1) is 22.9 Å². The molecule has 0 saturated heterocycles. The van der Waals surface area contributed by atoms with E-state index in [-0.39, 0.29) is 5.91 Å². The molecule has 1 N–H and O–H groups in total. The van der Waals surface area contributed by atoms with Crippen molar-refractivity contribution in [1.29, 1.82) is 0 Å². The summed E-state index contributed by atoms with van der Waals surface area (Å²) in [5.41, 5.74) is 0. The number of rotatable bonds is 6. The van der Waals surface area contributed by atoms with E-state index >= 15 is 0 Å². The molecule has 1 aromatic rings. The highest BCUT2D eigenvalue weighted by molar-refractivity contribution is 7.11. The van der Waals surface area contributed by atoms with Crippen LogP contribution in [-0.2, 0) is 11.3 Å². The third-order valence-corrected chi connectivity index (χ3v) is 3.07. The molecule has 1 heterocycles. The predicted octanol–water partition coefficient (Wildman–Crippen LogP) is 2.48. The van der Waals surface area contributed by atoms with E-state index in [1.807, 2.05) is 13.1 Å². The second kappa shape index (κ2) is 6.80. The van der Waals surface area contributed by atoms with Crippen molar-refractivity contribution in [1.82, 2.24) is 10.3 Å². The number of halogens is 1. The number of unbranched alkanes of at least 4 members (excludes halogenated alkanes) is 1. The van der Waals surface area contributed by atoms with Crippen molar-refractivity contribution in [2.75, 3.05) is 5.88 Å². The molecule has 0 fully saturated rings. The van der Waals surface area contributed by atoms with E-state index in [1.54, 1.807) is 11.3 Å². The minimum Gasteiger partial charge on any atom is -0.350 e. The van der Waals surface area contributed by atoms with E-state index in [1.165, 1.54) is 4.88 Å². The van der Waals surface area contributed by atoms with Crippen molar-refractivity contribution in [3.05, 3.63) is 16.1 Å². The summed E-state index contributed by atoms with van der Waals surface area (Å²) in [6.07, 6.45) is 4.12. The monoisotopic (exact) mass is 246 g/mol. The fourth-order valence-corrected chi connectivity index (χ4v) is 2.04. The van der Waals surface area contributed by atoms with Crippen molar-refractivity contribution >= 4 is 28.8 Å². The van der Waals surface area contributed by atoms with Crippen LogP contribution in [0.4, 0.5) is 0 Å². The van der Waals surface area contributed by atoms with Gasteiger partial charge in [-0.1, -0.05) is 0 Å². The summed E-state index contributed by atoms with van der Waals surface area (Å²) in [7, 11) is 0. The van der Waals surface area contributed by atoms with Gasteiger partial charge < -0.3 is 5.32 Å². The Morgan fingerprint density at radius 1 is 1.60 bits per heavy atom. The molecule has 3 nitrogen and oxygen atoms in total. The number of aromatic nitrogens is 1. The van der Waals surface area contributed by atoms with Crippen LogP contribution in [0.2, 0.25) is 0 Å². The third-order valence-electron chi connectivity index (χ3n) is 1.89. The van der Waals surface area contributed by atoms with E-state index in [0.29, 0.717) is 18.8 Å². The van der Waals surface area contributed by atoms with Gasteiger partial charge in [0.25, 0.3) is 0 Å². The number of carbonyl (C=O) groups excluding carboxylic acids is 1. The summed E-state index contributed by atoms with van der Waals surface area (Å²) in [4.78, 5) is 16.7. The SMILES string of the molecule is Cc1cnc(CNC(=O)CCCCCl)s1. The Hall–Kier alpha value is -0.610. The van der Waals surface area contributed by atoms with E-state index in [9.17, 15) is 4.79 Å². The molecule has 0 aliphatic carbocycles. The number of nitrogens with one attached hydrogen (secondary N) is 1. The number of nitrogens with zero attached hydrogens (tertiary/aromatic N) is 1. The van der Waals surface area contributed by atoms with Gasteiger partial charge in [0, 0.05) is 23.4 Å². The van der Waals surface area contributed by atoms with Gasteiger partial charge in [0.1, 0.15) is 5.01 Å². The number of hydrogen-bond donors (Lipinski definition) is 1. The van der Waals surface area contributed by atoms with Gasteiger partial charge in [0.05, 0.1) is 6.54 Å². The number of alkyl halides is 1. The number of thiazole rings is 1. The lowest BCUT2D eigenvalue weighted by Crippen LogP contribution is -2.22. The van der Waals surface area contributed by atoms with Crippen LogP contribution in [0.3, 0.4) is 0 Å². The summed E-state index contributed by atoms with van der Waals surface area (Å²) in [6, 6.07) is 0. The zero-order valence-corrected chi connectivity index (χ0v) is 10.3. The molecule has 0 aliphatic heterocycles. The third kappa shape index (κ3) is 5.14. The van der Waals surface area contributed by atoms with Crippen LogP contribution in [0.25, 0.3) is 0 Å². The van der Waals surface area contributed by atoms with Crippen LogP contribution in [0.15, 0.2) is 6.20 Å². The van der Waals surface area contributed by atoms with Gasteiger partial charge in [-0.25, -0.2) is 4.98 Å². The second-order valence-electron chi connectivity index (χ2n) is 3.29. The number of aryl methyl sites for hydroxylation is 1. The number of hydrogen-bond acceptors (Lipinski definition) is 3. The van der Waals surface area contributed by atoms with Gasteiger partial charge >= 0.3 is 0 Å². The molecule has 0 aliphatic rings. The van der Waals surface area contributed by atoms with Crippen molar-refractivity contribution in [2.45, 2.75) is 32.7 Å². The quantitative estimate of drug-likeness (QED) is 0.619. The Balaban J connectivity index is 2.16. The maximum absolute atomic E-state index is 11.3. The first-order chi connectivity index (χ1) is 7.22. The highest BCUT2D eigenvalue weighted by atomic mass is 35.5. The van der Waals surface area contributed by atoms with Crippen LogP contribution in [0, 0.1) is 6.92 Å². The lowest BCUT2D eigenvalue weighted by Gasteiger charge is -2.01. The van der Waals surface area contributed by atoms with E-state index in [2.05, 4.69) is 10.3 Å². The van der Waals surface area contributed by atoms with Gasteiger partial charge in [-0.05, 0) is 19.8 Å². The summed E-state index contributed by atoms with van der Waals surface area (Å²) >= 11 is 7.13. The van der Waals surface area contributed by atoms with E-state index < -0.39 is 0 Å². The van der Waals surface area contributed by atoms with Crippen molar-refractivity contribution in [3.63, 3.8) is 0 Å². The molecule has 5 heteroatoms. The van der Waals surface area contributed by atoms with Crippen LogP contribution >= 0.6 is 22.9 Å². The standard InChI is InChI=1S/C10H15ClN2OS/c1-8-6-13-10(15-8)7-12-9(14)4-2-3-5-11/h6H,2-5,7H2,1H3,(H,12,14). The van der Waals surface area contributed by atoms with Gasteiger partial charge in [0.15, 0.2) is 0 Å². The molecule has 0 spiro atoms. The molecule has 0 radical (unpaired) electrons. The first-order valence-corrected chi connectivity index (χ1v) is 6.31. The average molecular weight is 247 g/mol. The molecule has 15 heavy (non-hydrogen) atoms.